The zero-order valence-corrected chi connectivity index (χ0v) is 12.6. The van der Waals surface area contributed by atoms with Crippen LogP contribution >= 0.6 is 23.2 Å². The van der Waals surface area contributed by atoms with Crippen LogP contribution in [-0.2, 0) is 4.79 Å². The van der Waals surface area contributed by atoms with Gasteiger partial charge in [-0.25, -0.2) is 0 Å². The molecule has 0 fully saturated rings. The van der Waals surface area contributed by atoms with Gasteiger partial charge in [0.15, 0.2) is 0 Å². The van der Waals surface area contributed by atoms with E-state index in [9.17, 15) is 4.79 Å². The summed E-state index contributed by atoms with van der Waals surface area (Å²) in [5, 5.41) is 15.0. The van der Waals surface area contributed by atoms with Crippen molar-refractivity contribution in [3.05, 3.63) is 40.6 Å². The Kier molecular flexibility index (Phi) is 6.92. The first-order valence-corrected chi connectivity index (χ1v) is 6.97. The number of aryl methyl sites for hydroxylation is 1. The number of rotatable bonds is 6. The average molecular weight is 312 g/mol. The molecule has 6 heteroatoms. The summed E-state index contributed by atoms with van der Waals surface area (Å²) in [4.78, 5) is 12.0. The van der Waals surface area contributed by atoms with Crippen molar-refractivity contribution in [2.45, 2.75) is 13.3 Å². The van der Waals surface area contributed by atoms with Gasteiger partial charge in [0.1, 0.15) is 11.6 Å². The van der Waals surface area contributed by atoms with Crippen LogP contribution in [-0.4, -0.2) is 18.3 Å². The molecule has 0 atom stereocenters. The fourth-order valence-corrected chi connectivity index (χ4v) is 1.72. The molecule has 0 heterocycles. The lowest BCUT2D eigenvalue weighted by atomic mass is 10.2. The van der Waals surface area contributed by atoms with Gasteiger partial charge in [0.2, 0.25) is 0 Å². The van der Waals surface area contributed by atoms with Gasteiger partial charge in [-0.05, 0) is 31.0 Å². The van der Waals surface area contributed by atoms with Crippen LogP contribution in [0.2, 0.25) is 5.02 Å². The molecule has 0 spiro atoms. The second-order valence-corrected chi connectivity index (χ2v) is 4.89. The SMILES string of the molecule is Cc1ccc(Cl)cc1NC(=O)/C(C#N)=C\NCCCCl. The Bertz CT molecular complexity index is 550. The van der Waals surface area contributed by atoms with Gasteiger partial charge in [0, 0.05) is 29.3 Å². The van der Waals surface area contributed by atoms with E-state index >= 15 is 0 Å². The van der Waals surface area contributed by atoms with E-state index in [2.05, 4.69) is 10.6 Å². The van der Waals surface area contributed by atoms with E-state index in [-0.39, 0.29) is 5.57 Å². The molecule has 0 saturated heterocycles. The summed E-state index contributed by atoms with van der Waals surface area (Å²) in [5.74, 6) is 0.0487. The number of benzene rings is 1. The lowest BCUT2D eigenvalue weighted by Gasteiger charge is -2.08. The van der Waals surface area contributed by atoms with Crippen molar-refractivity contribution in [2.24, 2.45) is 0 Å². The molecule has 0 unspecified atom stereocenters. The molecule has 4 nitrogen and oxygen atoms in total. The quantitative estimate of drug-likeness (QED) is 0.367. The molecule has 20 heavy (non-hydrogen) atoms. The normalized spacial score (nSPS) is 10.8. The highest BCUT2D eigenvalue weighted by molar-refractivity contribution is 6.31. The van der Waals surface area contributed by atoms with Crippen LogP contribution in [0.4, 0.5) is 5.69 Å². The topological polar surface area (TPSA) is 64.9 Å². The fraction of sp³-hybridized carbons (Fsp3) is 0.286. The number of nitrogens with one attached hydrogen (secondary N) is 2. The summed E-state index contributed by atoms with van der Waals surface area (Å²) in [6.45, 7) is 2.46. The minimum absolute atomic E-state index is 0.000974. The summed E-state index contributed by atoms with van der Waals surface area (Å²) in [5.41, 5.74) is 1.46. The third-order valence-corrected chi connectivity index (χ3v) is 3.02. The predicted molar refractivity (Wildman–Crippen MR) is 81.9 cm³/mol. The second kappa shape index (κ2) is 8.47. The predicted octanol–water partition coefficient (Wildman–Crippen LogP) is 3.21. The molecule has 1 amide bonds. The highest BCUT2D eigenvalue weighted by Gasteiger charge is 2.10. The molecule has 0 saturated carbocycles. The van der Waals surface area contributed by atoms with E-state index in [0.717, 1.165) is 12.0 Å². The zero-order valence-electron chi connectivity index (χ0n) is 11.0. The van der Waals surface area contributed by atoms with Gasteiger partial charge in [-0.3, -0.25) is 4.79 Å². The van der Waals surface area contributed by atoms with Crippen LogP contribution in [0.15, 0.2) is 30.0 Å². The molecular weight excluding hydrogens is 297 g/mol. The molecule has 0 radical (unpaired) electrons. The van der Waals surface area contributed by atoms with E-state index < -0.39 is 5.91 Å². The summed E-state index contributed by atoms with van der Waals surface area (Å²) < 4.78 is 0. The molecular formula is C14H15Cl2N3O. The van der Waals surface area contributed by atoms with E-state index in [1.54, 1.807) is 18.2 Å². The Balaban J connectivity index is 2.73. The Morgan fingerprint density at radius 3 is 2.90 bits per heavy atom. The third-order valence-electron chi connectivity index (χ3n) is 2.51. The number of nitriles is 1. The van der Waals surface area contributed by atoms with Crippen LogP contribution in [0.1, 0.15) is 12.0 Å². The fourth-order valence-electron chi connectivity index (χ4n) is 1.41. The van der Waals surface area contributed by atoms with E-state index in [0.29, 0.717) is 23.1 Å². The van der Waals surface area contributed by atoms with Crippen molar-refractivity contribution in [3.63, 3.8) is 0 Å². The van der Waals surface area contributed by atoms with Crippen molar-refractivity contribution in [1.29, 1.82) is 5.26 Å². The number of anilines is 1. The van der Waals surface area contributed by atoms with Crippen molar-refractivity contribution in [2.75, 3.05) is 17.7 Å². The summed E-state index contributed by atoms with van der Waals surface area (Å²) in [7, 11) is 0. The summed E-state index contributed by atoms with van der Waals surface area (Å²) in [6, 6.07) is 7.03. The number of alkyl halides is 1. The van der Waals surface area contributed by atoms with Gasteiger partial charge < -0.3 is 10.6 Å². The molecule has 0 bridgehead atoms. The van der Waals surface area contributed by atoms with E-state index in [1.807, 2.05) is 13.0 Å². The first kappa shape index (κ1) is 16.4. The number of hydrogen-bond donors (Lipinski definition) is 2. The average Bonchev–Trinajstić information content (AvgIpc) is 2.43. The molecule has 0 aliphatic heterocycles. The minimum Gasteiger partial charge on any atom is -0.390 e. The van der Waals surface area contributed by atoms with Gasteiger partial charge in [-0.15, -0.1) is 11.6 Å². The van der Waals surface area contributed by atoms with Gasteiger partial charge in [-0.2, -0.15) is 5.26 Å². The van der Waals surface area contributed by atoms with Crippen molar-refractivity contribution >= 4 is 34.8 Å². The number of hydrogen-bond acceptors (Lipinski definition) is 3. The zero-order chi connectivity index (χ0) is 15.0. The van der Waals surface area contributed by atoms with Crippen molar-refractivity contribution < 1.29 is 4.79 Å². The van der Waals surface area contributed by atoms with Crippen LogP contribution in [0.25, 0.3) is 0 Å². The number of carbonyl (C=O) groups is 1. The smallest absolute Gasteiger partial charge is 0.267 e. The van der Waals surface area contributed by atoms with E-state index in [1.165, 1.54) is 6.20 Å². The number of carbonyl (C=O) groups excluding carboxylic acids is 1. The first-order valence-electron chi connectivity index (χ1n) is 6.05. The van der Waals surface area contributed by atoms with E-state index in [4.69, 9.17) is 28.5 Å². The Labute approximate surface area is 128 Å². The minimum atomic E-state index is -0.476. The van der Waals surface area contributed by atoms with Crippen LogP contribution in [0.3, 0.4) is 0 Å². The standard InChI is InChI=1S/C14H15Cl2N3O/c1-10-3-4-12(16)7-13(10)19-14(20)11(8-17)9-18-6-2-5-15/h3-4,7,9,18H,2,5-6H2,1H3,(H,19,20)/b11-9-. The second-order valence-electron chi connectivity index (χ2n) is 4.08. The monoisotopic (exact) mass is 311 g/mol. The Morgan fingerprint density at radius 2 is 2.25 bits per heavy atom. The third kappa shape index (κ3) is 5.12. The highest BCUT2D eigenvalue weighted by Crippen LogP contribution is 2.20. The molecule has 0 aliphatic rings. The molecule has 1 rings (SSSR count). The van der Waals surface area contributed by atoms with Crippen molar-refractivity contribution in [1.82, 2.24) is 5.32 Å². The number of amides is 1. The molecule has 0 aromatic heterocycles. The maximum absolute atomic E-state index is 12.0. The number of nitrogens with zero attached hydrogens (tertiary/aromatic N) is 1. The highest BCUT2D eigenvalue weighted by atomic mass is 35.5. The molecule has 2 N–H and O–H groups in total. The first-order chi connectivity index (χ1) is 9.58. The van der Waals surface area contributed by atoms with Gasteiger partial charge >= 0.3 is 0 Å². The van der Waals surface area contributed by atoms with Gasteiger partial charge in [0.05, 0.1) is 0 Å². The van der Waals surface area contributed by atoms with Gasteiger partial charge in [0.25, 0.3) is 5.91 Å². The Hall–Kier alpha value is -1.70. The number of halogens is 2. The lowest BCUT2D eigenvalue weighted by Crippen LogP contribution is -2.17. The van der Waals surface area contributed by atoms with Crippen molar-refractivity contribution in [3.8, 4) is 6.07 Å². The molecule has 1 aromatic carbocycles. The molecule has 1 aromatic rings. The lowest BCUT2D eigenvalue weighted by molar-refractivity contribution is -0.112. The van der Waals surface area contributed by atoms with Crippen LogP contribution < -0.4 is 10.6 Å². The summed E-state index contributed by atoms with van der Waals surface area (Å²) in [6.07, 6.45) is 2.15. The van der Waals surface area contributed by atoms with Crippen LogP contribution in [0, 0.1) is 18.3 Å². The largest absolute Gasteiger partial charge is 0.390 e. The Morgan fingerprint density at radius 1 is 1.50 bits per heavy atom. The van der Waals surface area contributed by atoms with Crippen LogP contribution in [0.5, 0.6) is 0 Å². The van der Waals surface area contributed by atoms with Gasteiger partial charge in [-0.1, -0.05) is 17.7 Å². The molecule has 0 aliphatic carbocycles. The maximum Gasteiger partial charge on any atom is 0.267 e. The maximum atomic E-state index is 12.0. The summed E-state index contributed by atoms with van der Waals surface area (Å²) >= 11 is 11.4. The molecule has 106 valence electrons.